The van der Waals surface area contributed by atoms with Gasteiger partial charge in [0.25, 0.3) is 5.91 Å². The zero-order valence-corrected chi connectivity index (χ0v) is 14.4. The maximum atomic E-state index is 11.8. The van der Waals surface area contributed by atoms with Crippen molar-refractivity contribution in [1.82, 2.24) is 25.9 Å². The molecule has 2 aromatic heterocycles. The Morgan fingerprint density at radius 3 is 2.92 bits per heavy atom. The van der Waals surface area contributed by atoms with Gasteiger partial charge in [0, 0.05) is 18.5 Å². The summed E-state index contributed by atoms with van der Waals surface area (Å²) in [6.45, 7) is 6.06. The second-order valence-electron chi connectivity index (χ2n) is 5.01. The van der Waals surface area contributed by atoms with E-state index in [0.717, 1.165) is 23.7 Å². The zero-order chi connectivity index (χ0) is 17.4. The van der Waals surface area contributed by atoms with E-state index in [4.69, 9.17) is 10.2 Å². The van der Waals surface area contributed by atoms with Crippen molar-refractivity contribution in [3.63, 3.8) is 0 Å². The number of nitrogens with zero attached hydrogens (tertiary/aromatic N) is 2. The summed E-state index contributed by atoms with van der Waals surface area (Å²) in [5.41, 5.74) is 7.10. The first-order valence-corrected chi connectivity index (χ1v) is 8.46. The average Bonchev–Trinajstić information content (AvgIpc) is 3.22. The predicted octanol–water partition coefficient (Wildman–Crippen LogP) is 0.690. The lowest BCUT2D eigenvalue weighted by molar-refractivity contribution is 0.0948. The van der Waals surface area contributed by atoms with Crippen LogP contribution in [0.1, 0.15) is 33.5 Å². The minimum atomic E-state index is -0.270. The summed E-state index contributed by atoms with van der Waals surface area (Å²) in [7, 11) is 1.88. The number of rotatable bonds is 10. The highest BCUT2D eigenvalue weighted by Crippen LogP contribution is 2.15. The van der Waals surface area contributed by atoms with E-state index in [2.05, 4.69) is 32.5 Å². The Morgan fingerprint density at radius 1 is 1.33 bits per heavy atom. The fraction of sp³-hybridized carbons (Fsp3) is 0.400. The van der Waals surface area contributed by atoms with Gasteiger partial charge in [-0.3, -0.25) is 4.79 Å². The lowest BCUT2D eigenvalue weighted by Gasteiger charge is -2.04. The van der Waals surface area contributed by atoms with Crippen LogP contribution in [0, 0.1) is 0 Å². The van der Waals surface area contributed by atoms with Crippen LogP contribution in [-0.4, -0.2) is 36.0 Å². The molecular weight excluding hydrogens is 328 g/mol. The maximum Gasteiger partial charge on any atom is 0.273 e. The van der Waals surface area contributed by atoms with Gasteiger partial charge in [-0.1, -0.05) is 6.58 Å². The van der Waals surface area contributed by atoms with Crippen molar-refractivity contribution < 1.29 is 9.21 Å². The molecule has 2 rings (SSSR count). The molecule has 0 unspecified atom stereocenters. The maximum absolute atomic E-state index is 11.8. The number of oxazole rings is 1. The van der Waals surface area contributed by atoms with E-state index in [1.807, 2.05) is 12.4 Å². The molecule has 0 aromatic carbocycles. The lowest BCUT2D eigenvalue weighted by Crippen LogP contribution is -2.26. The van der Waals surface area contributed by atoms with Crippen molar-refractivity contribution in [1.29, 1.82) is 0 Å². The Labute approximate surface area is 144 Å². The van der Waals surface area contributed by atoms with Crippen LogP contribution < -0.4 is 21.7 Å². The number of nitrogens with one attached hydrogen (secondary N) is 3. The topological polar surface area (TPSA) is 118 Å². The molecule has 0 aliphatic rings. The van der Waals surface area contributed by atoms with Crippen LogP contribution in [0.5, 0.6) is 0 Å². The molecule has 2 heterocycles. The van der Waals surface area contributed by atoms with Gasteiger partial charge in [0.05, 0.1) is 17.9 Å². The predicted molar refractivity (Wildman–Crippen MR) is 93.3 cm³/mol. The van der Waals surface area contributed by atoms with Gasteiger partial charge in [0.2, 0.25) is 5.89 Å². The minimum Gasteiger partial charge on any atom is -0.446 e. The Hall–Kier alpha value is -2.23. The van der Waals surface area contributed by atoms with Crippen molar-refractivity contribution in [3.8, 4) is 0 Å². The monoisotopic (exact) mass is 350 g/mol. The van der Waals surface area contributed by atoms with Crippen molar-refractivity contribution in [3.05, 3.63) is 40.5 Å². The molecule has 130 valence electrons. The zero-order valence-electron chi connectivity index (χ0n) is 13.6. The number of hydrogen-bond acceptors (Lipinski definition) is 8. The molecule has 2 aromatic rings. The quantitative estimate of drug-likeness (QED) is 0.466. The van der Waals surface area contributed by atoms with E-state index in [-0.39, 0.29) is 11.6 Å². The highest BCUT2D eigenvalue weighted by Gasteiger charge is 2.12. The van der Waals surface area contributed by atoms with Crippen LogP contribution in [0.3, 0.4) is 0 Å². The van der Waals surface area contributed by atoms with Gasteiger partial charge in [-0.05, 0) is 20.0 Å². The third kappa shape index (κ3) is 5.15. The summed E-state index contributed by atoms with van der Waals surface area (Å²) in [6, 6.07) is 0. The smallest absolute Gasteiger partial charge is 0.273 e. The molecule has 0 saturated carbocycles. The first-order chi connectivity index (χ1) is 11.6. The number of carbonyl (C=O) groups is 1. The Bertz CT molecular complexity index is 681. The molecule has 0 bridgehead atoms. The number of carbonyl (C=O) groups excluding carboxylic acids is 1. The molecule has 9 heteroatoms. The Kier molecular flexibility index (Phi) is 6.91. The highest BCUT2D eigenvalue weighted by atomic mass is 32.1. The van der Waals surface area contributed by atoms with Crippen molar-refractivity contribution in [2.75, 3.05) is 20.1 Å². The van der Waals surface area contributed by atoms with E-state index in [1.165, 1.54) is 6.26 Å². The van der Waals surface area contributed by atoms with Crippen molar-refractivity contribution >= 4 is 22.9 Å². The van der Waals surface area contributed by atoms with E-state index in [9.17, 15) is 4.79 Å². The molecule has 1 amide bonds. The number of hydrogen-bond donors (Lipinski definition) is 4. The molecule has 0 aliphatic carbocycles. The van der Waals surface area contributed by atoms with Gasteiger partial charge in [-0.15, -0.1) is 11.3 Å². The SMILES string of the molecule is C=C(NCc1nc(C(=O)NCCCN)co1)c1csc(CNC)n1. The number of nitrogens with two attached hydrogens (primary N) is 1. The Balaban J connectivity index is 1.83. The largest absolute Gasteiger partial charge is 0.446 e. The second kappa shape index (κ2) is 9.16. The highest BCUT2D eigenvalue weighted by molar-refractivity contribution is 7.09. The molecule has 8 nitrogen and oxygen atoms in total. The summed E-state index contributed by atoms with van der Waals surface area (Å²) in [5, 5.41) is 11.8. The van der Waals surface area contributed by atoms with Crippen molar-refractivity contribution in [2.24, 2.45) is 5.73 Å². The fourth-order valence-electron chi connectivity index (χ4n) is 1.85. The van der Waals surface area contributed by atoms with Crippen LogP contribution in [0.15, 0.2) is 22.6 Å². The summed E-state index contributed by atoms with van der Waals surface area (Å²) in [6.07, 6.45) is 2.06. The molecule has 0 fully saturated rings. The van der Waals surface area contributed by atoms with Gasteiger partial charge in [-0.25, -0.2) is 9.97 Å². The standard InChI is InChI=1S/C15H22N6O2S/c1-10(12-9-24-14(21-12)7-17-2)19-6-13-20-11(8-23-13)15(22)18-5-3-4-16/h8-9,17,19H,1,3-7,16H2,2H3,(H,18,22). The third-order valence-corrected chi connectivity index (χ3v) is 3.94. The van der Waals surface area contributed by atoms with Gasteiger partial charge in [0.1, 0.15) is 11.3 Å². The van der Waals surface area contributed by atoms with E-state index in [1.54, 1.807) is 11.3 Å². The lowest BCUT2D eigenvalue weighted by atomic mass is 10.3. The average molecular weight is 350 g/mol. The third-order valence-electron chi connectivity index (χ3n) is 3.09. The first kappa shape index (κ1) is 18.1. The fourth-order valence-corrected chi connectivity index (χ4v) is 2.67. The van der Waals surface area contributed by atoms with Crippen LogP contribution in [0.4, 0.5) is 0 Å². The van der Waals surface area contributed by atoms with Crippen LogP contribution >= 0.6 is 11.3 Å². The van der Waals surface area contributed by atoms with E-state index >= 15 is 0 Å². The number of thiazole rings is 1. The molecule has 5 N–H and O–H groups in total. The molecule has 0 saturated heterocycles. The van der Waals surface area contributed by atoms with Gasteiger partial charge in [0.15, 0.2) is 5.69 Å². The van der Waals surface area contributed by atoms with Crippen LogP contribution in [0.2, 0.25) is 0 Å². The molecule has 0 radical (unpaired) electrons. The molecule has 24 heavy (non-hydrogen) atoms. The Morgan fingerprint density at radius 2 is 2.17 bits per heavy atom. The minimum absolute atomic E-state index is 0.249. The van der Waals surface area contributed by atoms with E-state index < -0.39 is 0 Å². The summed E-state index contributed by atoms with van der Waals surface area (Å²) in [4.78, 5) is 20.4. The molecule has 0 aliphatic heterocycles. The summed E-state index contributed by atoms with van der Waals surface area (Å²) >= 11 is 1.57. The van der Waals surface area contributed by atoms with Gasteiger partial charge >= 0.3 is 0 Å². The molecular formula is C15H22N6O2S. The van der Waals surface area contributed by atoms with Gasteiger partial charge < -0.3 is 26.1 Å². The van der Waals surface area contributed by atoms with E-state index in [0.29, 0.717) is 31.2 Å². The first-order valence-electron chi connectivity index (χ1n) is 7.59. The number of aromatic nitrogens is 2. The summed E-state index contributed by atoms with van der Waals surface area (Å²) < 4.78 is 5.29. The van der Waals surface area contributed by atoms with Crippen LogP contribution in [-0.2, 0) is 13.1 Å². The van der Waals surface area contributed by atoms with Crippen LogP contribution in [0.25, 0.3) is 5.70 Å². The second-order valence-corrected chi connectivity index (χ2v) is 5.96. The van der Waals surface area contributed by atoms with Gasteiger partial charge in [-0.2, -0.15) is 0 Å². The summed E-state index contributed by atoms with van der Waals surface area (Å²) in [5.74, 6) is 0.138. The molecule has 0 spiro atoms. The molecule has 0 atom stereocenters. The number of amides is 1. The van der Waals surface area contributed by atoms with Crippen molar-refractivity contribution in [2.45, 2.75) is 19.5 Å². The normalized spacial score (nSPS) is 10.6.